The Morgan fingerprint density at radius 2 is 2.27 bits per heavy atom. The highest BCUT2D eigenvalue weighted by Crippen LogP contribution is 2.51. The van der Waals surface area contributed by atoms with Gasteiger partial charge in [0.1, 0.15) is 0 Å². The molecule has 0 radical (unpaired) electrons. The molecule has 0 saturated heterocycles. The molecule has 78 valence electrons. The summed E-state index contributed by atoms with van der Waals surface area (Å²) < 4.78 is 5.71. The summed E-state index contributed by atoms with van der Waals surface area (Å²) in [5, 5.41) is 1.57. The van der Waals surface area contributed by atoms with Gasteiger partial charge in [-0.05, 0) is 18.9 Å². The SMILES string of the molecule is COC12N=C(C)SC1Cc1ccccc12. The van der Waals surface area contributed by atoms with Crippen LogP contribution in [0, 0.1) is 0 Å². The normalized spacial score (nSPS) is 32.4. The van der Waals surface area contributed by atoms with Gasteiger partial charge in [-0.3, -0.25) is 0 Å². The predicted molar refractivity (Wildman–Crippen MR) is 63.3 cm³/mol. The van der Waals surface area contributed by atoms with Gasteiger partial charge in [-0.1, -0.05) is 24.3 Å². The Kier molecular flexibility index (Phi) is 1.94. The van der Waals surface area contributed by atoms with Crippen molar-refractivity contribution in [3.05, 3.63) is 35.4 Å². The van der Waals surface area contributed by atoms with Crippen LogP contribution in [0.3, 0.4) is 0 Å². The number of fused-ring (bicyclic) bond motifs is 3. The van der Waals surface area contributed by atoms with Crippen molar-refractivity contribution in [1.82, 2.24) is 0 Å². The minimum Gasteiger partial charge on any atom is -0.352 e. The summed E-state index contributed by atoms with van der Waals surface area (Å²) in [6.07, 6.45) is 1.06. The number of rotatable bonds is 1. The van der Waals surface area contributed by atoms with Crippen molar-refractivity contribution >= 4 is 16.8 Å². The first-order chi connectivity index (χ1) is 7.26. The second kappa shape index (κ2) is 3.09. The van der Waals surface area contributed by atoms with Crippen molar-refractivity contribution < 1.29 is 4.74 Å². The fraction of sp³-hybridized carbons (Fsp3) is 0.417. The van der Waals surface area contributed by atoms with Crippen LogP contribution in [0.25, 0.3) is 0 Å². The molecule has 0 amide bonds. The van der Waals surface area contributed by atoms with E-state index in [9.17, 15) is 0 Å². The van der Waals surface area contributed by atoms with Crippen molar-refractivity contribution in [2.24, 2.45) is 4.99 Å². The van der Waals surface area contributed by atoms with Crippen LogP contribution < -0.4 is 0 Å². The number of methoxy groups -OCH3 is 1. The van der Waals surface area contributed by atoms with Crippen LogP contribution in [-0.4, -0.2) is 17.4 Å². The van der Waals surface area contributed by atoms with E-state index in [4.69, 9.17) is 9.73 Å². The molecule has 0 spiro atoms. The van der Waals surface area contributed by atoms with Gasteiger partial charge in [-0.25, -0.2) is 4.99 Å². The lowest BCUT2D eigenvalue weighted by atomic mass is 10.1. The van der Waals surface area contributed by atoms with Crippen LogP contribution in [0.2, 0.25) is 0 Å². The quantitative estimate of drug-likeness (QED) is 0.724. The highest BCUT2D eigenvalue weighted by Gasteiger charge is 2.51. The molecular weight excluding hydrogens is 206 g/mol. The first-order valence-electron chi connectivity index (χ1n) is 5.13. The highest BCUT2D eigenvalue weighted by atomic mass is 32.2. The average molecular weight is 219 g/mol. The monoisotopic (exact) mass is 219 g/mol. The van der Waals surface area contributed by atoms with Gasteiger partial charge in [-0.2, -0.15) is 0 Å². The van der Waals surface area contributed by atoms with Gasteiger partial charge in [-0.15, -0.1) is 11.8 Å². The van der Waals surface area contributed by atoms with Gasteiger partial charge in [0.15, 0.2) is 5.72 Å². The zero-order valence-corrected chi connectivity index (χ0v) is 9.67. The topological polar surface area (TPSA) is 21.6 Å². The summed E-state index contributed by atoms with van der Waals surface area (Å²) in [5.41, 5.74) is 2.24. The zero-order chi connectivity index (χ0) is 10.5. The number of nitrogens with zero attached hydrogens (tertiary/aromatic N) is 1. The largest absolute Gasteiger partial charge is 0.352 e. The maximum absolute atomic E-state index is 5.71. The van der Waals surface area contributed by atoms with E-state index in [0.717, 1.165) is 11.5 Å². The summed E-state index contributed by atoms with van der Waals surface area (Å²) in [4.78, 5) is 4.70. The van der Waals surface area contributed by atoms with E-state index in [1.807, 2.05) is 11.8 Å². The summed E-state index contributed by atoms with van der Waals surface area (Å²) in [7, 11) is 1.76. The molecule has 2 aliphatic rings. The second-order valence-electron chi connectivity index (χ2n) is 4.00. The molecule has 0 saturated carbocycles. The van der Waals surface area contributed by atoms with Crippen LogP contribution in [0.5, 0.6) is 0 Å². The maximum atomic E-state index is 5.71. The van der Waals surface area contributed by atoms with E-state index < -0.39 is 5.72 Å². The Morgan fingerprint density at radius 3 is 3.07 bits per heavy atom. The summed E-state index contributed by atoms with van der Waals surface area (Å²) in [5.74, 6) is 0. The summed E-state index contributed by atoms with van der Waals surface area (Å²) >= 11 is 1.84. The molecule has 0 N–H and O–H groups in total. The molecular formula is C12H13NOS. The number of ether oxygens (including phenoxy) is 1. The molecule has 2 nitrogen and oxygen atoms in total. The van der Waals surface area contributed by atoms with Gasteiger partial charge >= 0.3 is 0 Å². The van der Waals surface area contributed by atoms with Crippen molar-refractivity contribution in [2.45, 2.75) is 24.3 Å². The van der Waals surface area contributed by atoms with Crippen LogP contribution in [-0.2, 0) is 16.9 Å². The fourth-order valence-electron chi connectivity index (χ4n) is 2.57. The van der Waals surface area contributed by atoms with Crippen LogP contribution in [0.4, 0.5) is 0 Å². The molecule has 0 bridgehead atoms. The molecule has 2 unspecified atom stereocenters. The first-order valence-corrected chi connectivity index (χ1v) is 6.01. The number of benzene rings is 1. The van der Waals surface area contributed by atoms with E-state index in [0.29, 0.717) is 5.25 Å². The van der Waals surface area contributed by atoms with Gasteiger partial charge in [0.25, 0.3) is 0 Å². The molecule has 1 heterocycles. The minimum atomic E-state index is -0.397. The van der Waals surface area contributed by atoms with E-state index in [1.165, 1.54) is 11.1 Å². The molecule has 0 fully saturated rings. The number of hydrogen-bond acceptors (Lipinski definition) is 3. The molecule has 1 aliphatic heterocycles. The Hall–Kier alpha value is -0.800. The van der Waals surface area contributed by atoms with Crippen LogP contribution in [0.15, 0.2) is 29.3 Å². The van der Waals surface area contributed by atoms with Gasteiger partial charge in [0.05, 0.1) is 10.3 Å². The predicted octanol–water partition coefficient (Wildman–Crippen LogP) is 2.58. The summed E-state index contributed by atoms with van der Waals surface area (Å²) in [6, 6.07) is 8.47. The van der Waals surface area contributed by atoms with Crippen molar-refractivity contribution in [3.63, 3.8) is 0 Å². The smallest absolute Gasteiger partial charge is 0.198 e. The third-order valence-electron chi connectivity index (χ3n) is 3.19. The first kappa shape index (κ1) is 9.43. The molecule has 1 aromatic rings. The Balaban J connectivity index is 2.19. The maximum Gasteiger partial charge on any atom is 0.198 e. The van der Waals surface area contributed by atoms with Crippen molar-refractivity contribution in [2.75, 3.05) is 7.11 Å². The van der Waals surface area contributed by atoms with Gasteiger partial charge in [0, 0.05) is 12.7 Å². The number of hydrogen-bond donors (Lipinski definition) is 0. The molecule has 2 atom stereocenters. The lowest BCUT2D eigenvalue weighted by Gasteiger charge is -2.25. The third kappa shape index (κ3) is 1.13. The van der Waals surface area contributed by atoms with E-state index in [-0.39, 0.29) is 0 Å². The van der Waals surface area contributed by atoms with E-state index in [1.54, 1.807) is 7.11 Å². The number of aliphatic imine (C=N–C) groups is 1. The summed E-state index contributed by atoms with van der Waals surface area (Å²) in [6.45, 7) is 2.06. The minimum absolute atomic E-state index is 0.397. The highest BCUT2D eigenvalue weighted by molar-refractivity contribution is 8.14. The Labute approximate surface area is 93.7 Å². The lowest BCUT2D eigenvalue weighted by Crippen LogP contribution is -2.30. The van der Waals surface area contributed by atoms with E-state index in [2.05, 4.69) is 31.2 Å². The number of thioether (sulfide) groups is 1. The van der Waals surface area contributed by atoms with Crippen LogP contribution in [0.1, 0.15) is 18.1 Å². The molecule has 0 aromatic heterocycles. The molecule has 15 heavy (non-hydrogen) atoms. The third-order valence-corrected chi connectivity index (χ3v) is 4.40. The molecule has 3 rings (SSSR count). The fourth-order valence-corrected chi connectivity index (χ4v) is 3.86. The second-order valence-corrected chi connectivity index (χ2v) is 5.39. The van der Waals surface area contributed by atoms with Crippen LogP contribution >= 0.6 is 11.8 Å². The van der Waals surface area contributed by atoms with Gasteiger partial charge in [0.2, 0.25) is 0 Å². The lowest BCUT2D eigenvalue weighted by molar-refractivity contribution is 0.00259. The standard InChI is InChI=1S/C12H13NOS/c1-8-13-12(14-2)10-6-4-3-5-9(10)7-11(12)15-8/h3-6,11H,7H2,1-2H3. The zero-order valence-electron chi connectivity index (χ0n) is 8.86. The van der Waals surface area contributed by atoms with Gasteiger partial charge < -0.3 is 4.74 Å². The molecule has 3 heteroatoms. The Bertz CT molecular complexity index is 443. The molecule has 1 aromatic carbocycles. The Morgan fingerprint density at radius 1 is 1.47 bits per heavy atom. The molecule has 1 aliphatic carbocycles. The van der Waals surface area contributed by atoms with E-state index >= 15 is 0 Å². The van der Waals surface area contributed by atoms with Crippen molar-refractivity contribution in [1.29, 1.82) is 0 Å². The van der Waals surface area contributed by atoms with Crippen molar-refractivity contribution in [3.8, 4) is 0 Å². The average Bonchev–Trinajstić information content (AvgIpc) is 2.69.